The van der Waals surface area contributed by atoms with E-state index in [1.54, 1.807) is 45.0 Å². The second-order valence-corrected chi connectivity index (χ2v) is 6.02. The van der Waals surface area contributed by atoms with Crippen molar-refractivity contribution in [2.24, 2.45) is 0 Å². The Morgan fingerprint density at radius 1 is 1.10 bits per heavy atom. The van der Waals surface area contributed by atoms with E-state index < -0.39 is 11.7 Å². The number of alkyl carbamates (subject to hydrolysis) is 1. The Balaban J connectivity index is 2.19. The molecule has 0 bridgehead atoms. The first kappa shape index (κ1) is 17.3. The number of rotatable bonds is 5. The van der Waals surface area contributed by atoms with Gasteiger partial charge in [0.2, 0.25) is 5.91 Å². The normalized spacial score (nSPS) is 10.9. The predicted molar refractivity (Wildman–Crippen MR) is 82.4 cm³/mol. The molecule has 0 spiro atoms. The average molecular weight is 313 g/mol. The molecule has 1 rings (SSSR count). The van der Waals surface area contributed by atoms with E-state index in [-0.39, 0.29) is 12.3 Å². The van der Waals surface area contributed by atoms with Crippen molar-refractivity contribution in [3.05, 3.63) is 34.9 Å². The number of nitrogens with one attached hydrogen (secondary N) is 2. The van der Waals surface area contributed by atoms with Gasteiger partial charge in [-0.3, -0.25) is 4.79 Å². The summed E-state index contributed by atoms with van der Waals surface area (Å²) in [4.78, 5) is 23.1. The zero-order valence-electron chi connectivity index (χ0n) is 12.5. The van der Waals surface area contributed by atoms with Gasteiger partial charge >= 0.3 is 6.09 Å². The van der Waals surface area contributed by atoms with Crippen molar-refractivity contribution in [1.29, 1.82) is 0 Å². The third kappa shape index (κ3) is 8.19. The maximum Gasteiger partial charge on any atom is 0.407 e. The number of benzene rings is 1. The molecular formula is C15H21ClN2O3. The number of ether oxygens (including phenoxy) is 1. The quantitative estimate of drug-likeness (QED) is 0.821. The standard InChI is InChI=1S/C15H21ClN2O3/c1-15(2,3)21-14(20)18-9-8-17-13(19)10-11-4-6-12(16)7-5-11/h4-7H,8-10H2,1-3H3,(H,17,19)(H,18,20). The summed E-state index contributed by atoms with van der Waals surface area (Å²) in [6.07, 6.45) is -0.210. The Morgan fingerprint density at radius 2 is 1.67 bits per heavy atom. The van der Waals surface area contributed by atoms with Crippen LogP contribution in [0.4, 0.5) is 4.79 Å². The van der Waals surface area contributed by atoms with Gasteiger partial charge in [-0.15, -0.1) is 0 Å². The van der Waals surface area contributed by atoms with Crippen LogP contribution >= 0.6 is 11.6 Å². The zero-order chi connectivity index (χ0) is 15.9. The summed E-state index contributed by atoms with van der Waals surface area (Å²) in [5.41, 5.74) is 0.360. The van der Waals surface area contributed by atoms with Crippen molar-refractivity contribution in [2.45, 2.75) is 32.8 Å². The highest BCUT2D eigenvalue weighted by Crippen LogP contribution is 2.09. The molecule has 6 heteroatoms. The molecule has 0 aliphatic carbocycles. The first-order chi connectivity index (χ1) is 9.76. The van der Waals surface area contributed by atoms with Gasteiger partial charge in [-0.1, -0.05) is 23.7 Å². The van der Waals surface area contributed by atoms with E-state index in [1.807, 2.05) is 0 Å². The van der Waals surface area contributed by atoms with Crippen LogP contribution in [0.3, 0.4) is 0 Å². The Kier molecular flexibility index (Phi) is 6.49. The molecule has 5 nitrogen and oxygen atoms in total. The van der Waals surface area contributed by atoms with Gasteiger partial charge in [-0.2, -0.15) is 0 Å². The third-order valence-electron chi connectivity index (χ3n) is 2.39. The Hall–Kier alpha value is -1.75. The summed E-state index contributed by atoms with van der Waals surface area (Å²) in [6.45, 7) is 6.05. The molecule has 0 aromatic heterocycles. The number of carbonyl (C=O) groups excluding carboxylic acids is 2. The largest absolute Gasteiger partial charge is 0.444 e. The number of halogens is 1. The van der Waals surface area contributed by atoms with Crippen LogP contribution in [0, 0.1) is 0 Å². The molecule has 2 N–H and O–H groups in total. The molecule has 0 heterocycles. The lowest BCUT2D eigenvalue weighted by Gasteiger charge is -2.19. The van der Waals surface area contributed by atoms with E-state index in [0.29, 0.717) is 18.1 Å². The van der Waals surface area contributed by atoms with Crippen molar-refractivity contribution in [3.8, 4) is 0 Å². The first-order valence-corrected chi connectivity index (χ1v) is 7.12. The van der Waals surface area contributed by atoms with Crippen LogP contribution in [0.1, 0.15) is 26.3 Å². The molecule has 0 radical (unpaired) electrons. The molecule has 0 fully saturated rings. The second-order valence-electron chi connectivity index (χ2n) is 5.58. The molecule has 0 aliphatic rings. The monoisotopic (exact) mass is 312 g/mol. The molecule has 1 aromatic rings. The predicted octanol–water partition coefficient (Wildman–Crippen LogP) is 2.52. The molecule has 0 aliphatic heterocycles. The lowest BCUT2D eigenvalue weighted by atomic mass is 10.1. The molecular weight excluding hydrogens is 292 g/mol. The summed E-state index contributed by atoms with van der Waals surface area (Å²) in [5.74, 6) is -0.108. The lowest BCUT2D eigenvalue weighted by molar-refractivity contribution is -0.120. The molecule has 0 saturated carbocycles. The van der Waals surface area contributed by atoms with Crippen LogP contribution in [0.15, 0.2) is 24.3 Å². The highest BCUT2D eigenvalue weighted by atomic mass is 35.5. The van der Waals surface area contributed by atoms with Crippen LogP contribution in [-0.2, 0) is 16.0 Å². The van der Waals surface area contributed by atoms with Crippen LogP contribution in [0.25, 0.3) is 0 Å². The van der Waals surface area contributed by atoms with Crippen molar-refractivity contribution in [1.82, 2.24) is 10.6 Å². The topological polar surface area (TPSA) is 67.4 Å². The first-order valence-electron chi connectivity index (χ1n) is 6.74. The Bertz CT molecular complexity index is 481. The van der Waals surface area contributed by atoms with Crippen molar-refractivity contribution in [3.63, 3.8) is 0 Å². The fourth-order valence-corrected chi connectivity index (χ4v) is 1.66. The molecule has 116 valence electrons. The van der Waals surface area contributed by atoms with Crippen molar-refractivity contribution >= 4 is 23.6 Å². The van der Waals surface area contributed by atoms with Gasteiger partial charge in [0.25, 0.3) is 0 Å². The maximum absolute atomic E-state index is 11.7. The van der Waals surface area contributed by atoms with Crippen LogP contribution < -0.4 is 10.6 Å². The molecule has 2 amide bonds. The molecule has 0 atom stereocenters. The van der Waals surface area contributed by atoms with E-state index >= 15 is 0 Å². The van der Waals surface area contributed by atoms with E-state index in [4.69, 9.17) is 16.3 Å². The smallest absolute Gasteiger partial charge is 0.407 e. The highest BCUT2D eigenvalue weighted by molar-refractivity contribution is 6.30. The summed E-state index contributed by atoms with van der Waals surface area (Å²) in [7, 11) is 0. The molecule has 0 saturated heterocycles. The van der Waals surface area contributed by atoms with Gasteiger partial charge in [0.15, 0.2) is 0 Å². The fraction of sp³-hybridized carbons (Fsp3) is 0.467. The van der Waals surface area contributed by atoms with Crippen LogP contribution in [0.5, 0.6) is 0 Å². The van der Waals surface area contributed by atoms with Gasteiger partial charge in [-0.05, 0) is 38.5 Å². The Labute approximate surface area is 130 Å². The second kappa shape index (κ2) is 7.88. The highest BCUT2D eigenvalue weighted by Gasteiger charge is 2.15. The number of amides is 2. The summed E-state index contributed by atoms with van der Waals surface area (Å²) in [6, 6.07) is 7.10. The van der Waals surface area contributed by atoms with Gasteiger partial charge in [0.05, 0.1) is 6.42 Å². The van der Waals surface area contributed by atoms with E-state index in [1.165, 1.54) is 0 Å². The lowest BCUT2D eigenvalue weighted by Crippen LogP contribution is -2.38. The SMILES string of the molecule is CC(C)(C)OC(=O)NCCNC(=O)Cc1ccc(Cl)cc1. The molecule has 21 heavy (non-hydrogen) atoms. The minimum atomic E-state index is -0.526. The zero-order valence-corrected chi connectivity index (χ0v) is 13.3. The number of carbonyl (C=O) groups is 2. The maximum atomic E-state index is 11.7. The summed E-state index contributed by atoms with van der Waals surface area (Å²) < 4.78 is 5.08. The summed E-state index contributed by atoms with van der Waals surface area (Å²) in [5, 5.41) is 5.93. The van der Waals surface area contributed by atoms with Gasteiger partial charge < -0.3 is 15.4 Å². The summed E-state index contributed by atoms with van der Waals surface area (Å²) >= 11 is 5.77. The molecule has 1 aromatic carbocycles. The minimum Gasteiger partial charge on any atom is -0.444 e. The van der Waals surface area contributed by atoms with Crippen LogP contribution in [0.2, 0.25) is 5.02 Å². The van der Waals surface area contributed by atoms with E-state index in [0.717, 1.165) is 5.56 Å². The van der Waals surface area contributed by atoms with Gasteiger partial charge in [0, 0.05) is 18.1 Å². The fourth-order valence-electron chi connectivity index (χ4n) is 1.53. The van der Waals surface area contributed by atoms with E-state index in [9.17, 15) is 9.59 Å². The third-order valence-corrected chi connectivity index (χ3v) is 2.65. The number of hydrogen-bond acceptors (Lipinski definition) is 3. The minimum absolute atomic E-state index is 0.108. The number of hydrogen-bond donors (Lipinski definition) is 2. The van der Waals surface area contributed by atoms with Crippen LogP contribution in [-0.4, -0.2) is 30.7 Å². The van der Waals surface area contributed by atoms with Crippen molar-refractivity contribution < 1.29 is 14.3 Å². The van der Waals surface area contributed by atoms with E-state index in [2.05, 4.69) is 10.6 Å². The average Bonchev–Trinajstić information content (AvgIpc) is 2.35. The Morgan fingerprint density at radius 3 is 2.24 bits per heavy atom. The molecule has 0 unspecified atom stereocenters. The van der Waals surface area contributed by atoms with Gasteiger partial charge in [0.1, 0.15) is 5.60 Å². The van der Waals surface area contributed by atoms with Crippen molar-refractivity contribution in [2.75, 3.05) is 13.1 Å². The van der Waals surface area contributed by atoms with Gasteiger partial charge in [-0.25, -0.2) is 4.79 Å².